The maximum atomic E-state index is 12.0. The molecule has 0 radical (unpaired) electrons. The van der Waals surface area contributed by atoms with Crippen LogP contribution in [0.15, 0.2) is 29.8 Å². The Kier molecular flexibility index (Phi) is 5.36. The normalized spacial score (nSPS) is 14.8. The summed E-state index contributed by atoms with van der Waals surface area (Å²) in [5.74, 6) is 0.119. The molecule has 1 aromatic rings. The molecule has 1 heterocycles. The highest BCUT2D eigenvalue weighted by Gasteiger charge is 2.07. The van der Waals surface area contributed by atoms with Crippen LogP contribution in [0.1, 0.15) is 29.5 Å². The van der Waals surface area contributed by atoms with E-state index < -0.39 is 0 Å². The van der Waals surface area contributed by atoms with E-state index in [1.54, 1.807) is 0 Å². The Hall–Kier alpha value is -1.61. The van der Waals surface area contributed by atoms with E-state index >= 15 is 0 Å². The third-order valence-corrected chi connectivity index (χ3v) is 3.78. The zero-order valence-corrected chi connectivity index (χ0v) is 12.5. The van der Waals surface area contributed by atoms with E-state index in [9.17, 15) is 4.79 Å². The summed E-state index contributed by atoms with van der Waals surface area (Å²) >= 11 is 0. The molecule has 108 valence electrons. The summed E-state index contributed by atoms with van der Waals surface area (Å²) in [7, 11) is 0. The van der Waals surface area contributed by atoms with Crippen molar-refractivity contribution in [1.29, 1.82) is 0 Å². The minimum atomic E-state index is 0.119. The molecule has 0 bridgehead atoms. The quantitative estimate of drug-likeness (QED) is 0.807. The smallest absolute Gasteiger partial charge is 0.224 e. The first-order valence-corrected chi connectivity index (χ1v) is 7.36. The molecule has 0 aromatic heterocycles. The van der Waals surface area contributed by atoms with Crippen LogP contribution in [-0.2, 0) is 11.2 Å². The fourth-order valence-electron chi connectivity index (χ4n) is 2.49. The Balaban J connectivity index is 1.77. The second kappa shape index (κ2) is 7.25. The molecular formula is C17H24N2O. The molecule has 20 heavy (non-hydrogen) atoms. The van der Waals surface area contributed by atoms with E-state index in [1.165, 1.54) is 16.7 Å². The lowest BCUT2D eigenvalue weighted by atomic mass is 10.0. The number of aryl methyl sites for hydroxylation is 2. The molecule has 3 heteroatoms. The first kappa shape index (κ1) is 14.8. The van der Waals surface area contributed by atoms with Gasteiger partial charge in [-0.05, 0) is 44.4 Å². The molecule has 1 aromatic carbocycles. The van der Waals surface area contributed by atoms with Gasteiger partial charge in [-0.2, -0.15) is 0 Å². The summed E-state index contributed by atoms with van der Waals surface area (Å²) < 4.78 is 0. The molecule has 1 aliphatic heterocycles. The second-order valence-corrected chi connectivity index (χ2v) is 5.52. The predicted molar refractivity (Wildman–Crippen MR) is 82.8 cm³/mol. The highest BCUT2D eigenvalue weighted by Crippen LogP contribution is 2.11. The van der Waals surface area contributed by atoms with Crippen LogP contribution < -0.4 is 10.6 Å². The molecule has 2 rings (SSSR count). The number of rotatable bonds is 5. The number of hydrogen-bond donors (Lipinski definition) is 2. The molecule has 1 aliphatic rings. The SMILES string of the molecule is Cc1ccc(C)c(CC(=O)NCCC2=CCNCC2)c1. The largest absolute Gasteiger partial charge is 0.355 e. The Morgan fingerprint density at radius 2 is 2.20 bits per heavy atom. The number of amides is 1. The van der Waals surface area contributed by atoms with Crippen LogP contribution in [0.2, 0.25) is 0 Å². The molecule has 0 atom stereocenters. The molecule has 0 saturated carbocycles. The average Bonchev–Trinajstić information content (AvgIpc) is 2.44. The molecule has 3 nitrogen and oxygen atoms in total. The average molecular weight is 272 g/mol. The van der Waals surface area contributed by atoms with Crippen LogP contribution in [0.3, 0.4) is 0 Å². The molecule has 0 saturated heterocycles. The van der Waals surface area contributed by atoms with E-state index in [4.69, 9.17) is 0 Å². The van der Waals surface area contributed by atoms with Gasteiger partial charge >= 0.3 is 0 Å². The van der Waals surface area contributed by atoms with Crippen molar-refractivity contribution in [2.45, 2.75) is 33.1 Å². The topological polar surface area (TPSA) is 41.1 Å². The molecule has 0 unspecified atom stereocenters. The van der Waals surface area contributed by atoms with Gasteiger partial charge in [0.15, 0.2) is 0 Å². The zero-order valence-electron chi connectivity index (χ0n) is 12.5. The van der Waals surface area contributed by atoms with Gasteiger partial charge in [0.2, 0.25) is 5.91 Å². The van der Waals surface area contributed by atoms with E-state index in [-0.39, 0.29) is 5.91 Å². The maximum Gasteiger partial charge on any atom is 0.224 e. The van der Waals surface area contributed by atoms with Gasteiger partial charge in [-0.15, -0.1) is 0 Å². The fraction of sp³-hybridized carbons (Fsp3) is 0.471. The van der Waals surface area contributed by atoms with Gasteiger partial charge in [0.25, 0.3) is 0 Å². The standard InChI is InChI=1S/C17H24N2O/c1-13-3-4-14(2)16(11-13)12-17(20)19-10-7-15-5-8-18-9-6-15/h3-5,11,18H,6-10,12H2,1-2H3,(H,19,20). The number of nitrogens with one attached hydrogen (secondary N) is 2. The van der Waals surface area contributed by atoms with Crippen molar-refractivity contribution in [2.75, 3.05) is 19.6 Å². The minimum absolute atomic E-state index is 0.119. The lowest BCUT2D eigenvalue weighted by molar-refractivity contribution is -0.120. The number of hydrogen-bond acceptors (Lipinski definition) is 2. The zero-order chi connectivity index (χ0) is 14.4. The first-order valence-electron chi connectivity index (χ1n) is 7.36. The van der Waals surface area contributed by atoms with Crippen LogP contribution >= 0.6 is 0 Å². The Labute approximate surface area is 121 Å². The van der Waals surface area contributed by atoms with Crippen LogP contribution in [0.5, 0.6) is 0 Å². The molecule has 0 fully saturated rings. The predicted octanol–water partition coefficient (Wildman–Crippen LogP) is 2.27. The van der Waals surface area contributed by atoms with Gasteiger partial charge in [0.05, 0.1) is 6.42 Å². The van der Waals surface area contributed by atoms with Crippen molar-refractivity contribution in [2.24, 2.45) is 0 Å². The van der Waals surface area contributed by atoms with Gasteiger partial charge in [0, 0.05) is 13.1 Å². The van der Waals surface area contributed by atoms with Crippen LogP contribution in [0.4, 0.5) is 0 Å². The molecule has 1 amide bonds. The third kappa shape index (κ3) is 4.49. The van der Waals surface area contributed by atoms with Gasteiger partial charge in [-0.1, -0.05) is 35.4 Å². The Morgan fingerprint density at radius 3 is 2.95 bits per heavy atom. The fourth-order valence-corrected chi connectivity index (χ4v) is 2.49. The Morgan fingerprint density at radius 1 is 1.35 bits per heavy atom. The monoisotopic (exact) mass is 272 g/mol. The Bertz CT molecular complexity index is 506. The van der Waals surface area contributed by atoms with Crippen molar-refractivity contribution < 1.29 is 4.79 Å². The van der Waals surface area contributed by atoms with E-state index in [0.717, 1.165) is 38.0 Å². The first-order chi connectivity index (χ1) is 9.65. The number of benzene rings is 1. The minimum Gasteiger partial charge on any atom is -0.355 e. The molecule has 2 N–H and O–H groups in total. The van der Waals surface area contributed by atoms with Crippen molar-refractivity contribution in [3.05, 3.63) is 46.5 Å². The van der Waals surface area contributed by atoms with E-state index in [0.29, 0.717) is 6.42 Å². The van der Waals surface area contributed by atoms with Crippen molar-refractivity contribution in [1.82, 2.24) is 10.6 Å². The van der Waals surface area contributed by atoms with Gasteiger partial charge < -0.3 is 10.6 Å². The van der Waals surface area contributed by atoms with Gasteiger partial charge in [-0.25, -0.2) is 0 Å². The van der Waals surface area contributed by atoms with Gasteiger partial charge in [0.1, 0.15) is 0 Å². The van der Waals surface area contributed by atoms with Crippen LogP contribution in [-0.4, -0.2) is 25.5 Å². The van der Waals surface area contributed by atoms with E-state index in [1.807, 2.05) is 0 Å². The number of carbonyl (C=O) groups is 1. The highest BCUT2D eigenvalue weighted by molar-refractivity contribution is 5.79. The lowest BCUT2D eigenvalue weighted by Crippen LogP contribution is -2.28. The van der Waals surface area contributed by atoms with Crippen molar-refractivity contribution >= 4 is 5.91 Å². The number of carbonyl (C=O) groups excluding carboxylic acids is 1. The van der Waals surface area contributed by atoms with Crippen LogP contribution in [0, 0.1) is 13.8 Å². The second-order valence-electron chi connectivity index (χ2n) is 5.52. The highest BCUT2D eigenvalue weighted by atomic mass is 16.1. The molecular weight excluding hydrogens is 248 g/mol. The summed E-state index contributed by atoms with van der Waals surface area (Å²) in [5, 5.41) is 6.32. The van der Waals surface area contributed by atoms with E-state index in [2.05, 4.69) is 48.8 Å². The van der Waals surface area contributed by atoms with Gasteiger partial charge in [-0.3, -0.25) is 4.79 Å². The van der Waals surface area contributed by atoms with Crippen molar-refractivity contribution in [3.8, 4) is 0 Å². The van der Waals surface area contributed by atoms with Crippen molar-refractivity contribution in [3.63, 3.8) is 0 Å². The lowest BCUT2D eigenvalue weighted by Gasteiger charge is -2.14. The summed E-state index contributed by atoms with van der Waals surface area (Å²) in [6, 6.07) is 6.27. The molecule has 0 spiro atoms. The summed E-state index contributed by atoms with van der Waals surface area (Å²) in [6.45, 7) is 6.88. The molecule has 0 aliphatic carbocycles. The summed E-state index contributed by atoms with van der Waals surface area (Å²) in [5.41, 5.74) is 4.98. The third-order valence-electron chi connectivity index (χ3n) is 3.78. The van der Waals surface area contributed by atoms with Crippen LogP contribution in [0.25, 0.3) is 0 Å². The summed E-state index contributed by atoms with van der Waals surface area (Å²) in [4.78, 5) is 12.0. The summed E-state index contributed by atoms with van der Waals surface area (Å²) in [6.07, 6.45) is 4.79. The maximum absolute atomic E-state index is 12.0.